The van der Waals surface area contributed by atoms with Gasteiger partial charge in [-0.15, -0.1) is 0 Å². The van der Waals surface area contributed by atoms with Gasteiger partial charge in [0, 0.05) is 6.07 Å². The summed E-state index contributed by atoms with van der Waals surface area (Å²) in [6.45, 7) is 7.30. The van der Waals surface area contributed by atoms with Gasteiger partial charge in [0.05, 0.1) is 12.6 Å². The summed E-state index contributed by atoms with van der Waals surface area (Å²) < 4.78 is 40.4. The second-order valence-corrected chi connectivity index (χ2v) is 12.9. The molecule has 0 aliphatic carbocycles. The molecule has 4 nitrogen and oxygen atoms in total. The van der Waals surface area contributed by atoms with Crippen LogP contribution in [-0.2, 0) is 11.0 Å². The number of aromatic nitrogens is 2. The first-order chi connectivity index (χ1) is 14.3. The SMILES string of the molecule is CC(C)(C)[Si](O[C@@H]1COc2cc(C(F)F)nn2C1)(c1ccccc1)c1ccccc1. The highest BCUT2D eigenvalue weighted by atomic mass is 28.4. The Bertz CT molecular complexity index is 948. The number of alkyl halides is 2. The molecule has 0 saturated carbocycles. The van der Waals surface area contributed by atoms with E-state index in [1.54, 1.807) is 0 Å². The van der Waals surface area contributed by atoms with Gasteiger partial charge in [0.15, 0.2) is 0 Å². The van der Waals surface area contributed by atoms with Crippen molar-refractivity contribution in [1.82, 2.24) is 9.78 Å². The van der Waals surface area contributed by atoms with Gasteiger partial charge in [-0.3, -0.25) is 0 Å². The van der Waals surface area contributed by atoms with Gasteiger partial charge < -0.3 is 9.16 Å². The van der Waals surface area contributed by atoms with Crippen LogP contribution >= 0.6 is 0 Å². The maximum atomic E-state index is 13.1. The second-order valence-electron chi connectivity index (χ2n) is 8.60. The Kier molecular flexibility index (Phi) is 5.51. The highest BCUT2D eigenvalue weighted by Crippen LogP contribution is 2.38. The van der Waals surface area contributed by atoms with Crippen LogP contribution in [0.1, 0.15) is 32.9 Å². The molecule has 2 aromatic carbocycles. The van der Waals surface area contributed by atoms with E-state index in [0.29, 0.717) is 19.0 Å². The Balaban J connectivity index is 1.75. The van der Waals surface area contributed by atoms with Gasteiger partial charge in [-0.25, -0.2) is 13.5 Å². The van der Waals surface area contributed by atoms with E-state index >= 15 is 0 Å². The van der Waals surface area contributed by atoms with Crippen LogP contribution in [0.15, 0.2) is 66.7 Å². The van der Waals surface area contributed by atoms with Crippen LogP contribution in [0.5, 0.6) is 5.88 Å². The van der Waals surface area contributed by atoms with E-state index in [4.69, 9.17) is 9.16 Å². The third-order valence-electron chi connectivity index (χ3n) is 5.54. The maximum absolute atomic E-state index is 13.1. The monoisotopic (exact) mass is 428 g/mol. The number of benzene rings is 2. The zero-order valence-corrected chi connectivity index (χ0v) is 18.4. The quantitative estimate of drug-likeness (QED) is 0.573. The molecule has 2 heterocycles. The summed E-state index contributed by atoms with van der Waals surface area (Å²) in [5.74, 6) is 0.368. The normalized spacial score (nSPS) is 16.9. The van der Waals surface area contributed by atoms with Gasteiger partial charge in [0.2, 0.25) is 5.88 Å². The first kappa shape index (κ1) is 20.7. The number of rotatable bonds is 5. The molecule has 0 N–H and O–H groups in total. The Morgan fingerprint density at radius 3 is 2.10 bits per heavy atom. The summed E-state index contributed by atoms with van der Waals surface area (Å²) in [7, 11) is -2.74. The molecule has 1 aliphatic rings. The van der Waals surface area contributed by atoms with Gasteiger partial charge in [0.1, 0.15) is 12.3 Å². The Hall–Kier alpha value is -2.51. The highest BCUT2D eigenvalue weighted by molar-refractivity contribution is 6.99. The third-order valence-corrected chi connectivity index (χ3v) is 10.6. The molecule has 0 saturated heterocycles. The molecule has 1 aliphatic heterocycles. The van der Waals surface area contributed by atoms with Crippen LogP contribution in [0.4, 0.5) is 8.78 Å². The van der Waals surface area contributed by atoms with E-state index in [2.05, 4.69) is 50.1 Å². The molecule has 1 atom stereocenters. The van der Waals surface area contributed by atoms with Crippen molar-refractivity contribution >= 4 is 18.7 Å². The molecule has 4 rings (SSSR count). The minimum atomic E-state index is -2.74. The average Bonchev–Trinajstić information content (AvgIpc) is 3.16. The molecule has 3 aromatic rings. The van der Waals surface area contributed by atoms with Crippen molar-refractivity contribution in [2.24, 2.45) is 0 Å². The summed E-state index contributed by atoms with van der Waals surface area (Å²) in [6.07, 6.45) is -2.92. The molecule has 7 heteroatoms. The summed E-state index contributed by atoms with van der Waals surface area (Å²) in [4.78, 5) is 0. The fourth-order valence-corrected chi connectivity index (χ4v) is 8.87. The fraction of sp³-hybridized carbons (Fsp3) is 0.348. The van der Waals surface area contributed by atoms with Crippen molar-refractivity contribution in [1.29, 1.82) is 0 Å². The lowest BCUT2D eigenvalue weighted by Crippen LogP contribution is -2.68. The van der Waals surface area contributed by atoms with Crippen molar-refractivity contribution in [3.05, 3.63) is 72.4 Å². The molecule has 0 radical (unpaired) electrons. The Morgan fingerprint density at radius 2 is 1.60 bits per heavy atom. The lowest BCUT2D eigenvalue weighted by molar-refractivity contribution is 0.0661. The van der Waals surface area contributed by atoms with Crippen LogP contribution in [-0.4, -0.2) is 30.8 Å². The highest BCUT2D eigenvalue weighted by Gasteiger charge is 2.51. The lowest BCUT2D eigenvalue weighted by Gasteiger charge is -2.45. The number of halogens is 2. The summed E-state index contributed by atoms with van der Waals surface area (Å²) in [6, 6.07) is 22.0. The molecule has 30 heavy (non-hydrogen) atoms. The van der Waals surface area contributed by atoms with E-state index in [1.807, 2.05) is 36.4 Å². The molecule has 158 valence electrons. The van der Waals surface area contributed by atoms with Gasteiger partial charge in [-0.05, 0) is 15.4 Å². The number of fused-ring (bicyclic) bond motifs is 1. The zero-order chi connectivity index (χ0) is 21.4. The van der Waals surface area contributed by atoms with Crippen molar-refractivity contribution in [2.45, 2.75) is 44.9 Å². The average molecular weight is 429 g/mol. The maximum Gasteiger partial charge on any atom is 0.282 e. The predicted molar refractivity (Wildman–Crippen MR) is 115 cm³/mol. The minimum absolute atomic E-state index is 0.172. The zero-order valence-electron chi connectivity index (χ0n) is 17.4. The van der Waals surface area contributed by atoms with E-state index in [9.17, 15) is 8.78 Å². The molecule has 1 aromatic heterocycles. The first-order valence-electron chi connectivity index (χ1n) is 10.1. The van der Waals surface area contributed by atoms with Crippen molar-refractivity contribution < 1.29 is 17.9 Å². The van der Waals surface area contributed by atoms with Gasteiger partial charge in [-0.2, -0.15) is 5.10 Å². The smallest absolute Gasteiger partial charge is 0.282 e. The molecule has 0 bridgehead atoms. The molecular weight excluding hydrogens is 402 g/mol. The Labute approximate surface area is 176 Å². The molecular formula is C23H26F2N2O2Si. The molecule has 0 fully saturated rings. The Morgan fingerprint density at radius 1 is 1.03 bits per heavy atom. The van der Waals surface area contributed by atoms with Crippen LogP contribution in [0.2, 0.25) is 5.04 Å². The molecule has 0 unspecified atom stereocenters. The predicted octanol–water partition coefficient (Wildman–Crippen LogP) is 4.16. The van der Waals surface area contributed by atoms with Crippen molar-refractivity contribution in [3.8, 4) is 5.88 Å². The first-order valence-corrected chi connectivity index (χ1v) is 12.0. The fourth-order valence-electron chi connectivity index (χ4n) is 4.21. The van der Waals surface area contributed by atoms with Crippen LogP contribution in [0.25, 0.3) is 0 Å². The molecule has 0 amide bonds. The summed E-state index contributed by atoms with van der Waals surface area (Å²) in [5, 5.41) is 6.18. The molecule has 0 spiro atoms. The van der Waals surface area contributed by atoms with Gasteiger partial charge in [-0.1, -0.05) is 81.4 Å². The summed E-state index contributed by atoms with van der Waals surface area (Å²) >= 11 is 0. The van der Waals surface area contributed by atoms with Gasteiger partial charge in [0.25, 0.3) is 14.7 Å². The second kappa shape index (κ2) is 7.96. The standard InChI is InChI=1S/C23H26F2N2O2Si/c1-23(2,3)30(18-10-6-4-7-11-18,19-12-8-5-9-13-19)29-17-15-27-21(28-16-17)14-20(26-27)22(24)25/h4-14,17,22H,15-16H2,1-3H3/t17-/m0/s1. The van der Waals surface area contributed by atoms with E-state index in [1.165, 1.54) is 21.1 Å². The lowest BCUT2D eigenvalue weighted by atomic mass is 10.2. The van der Waals surface area contributed by atoms with E-state index in [0.717, 1.165) is 0 Å². The number of ether oxygens (including phenoxy) is 1. The van der Waals surface area contributed by atoms with Crippen LogP contribution in [0, 0.1) is 0 Å². The van der Waals surface area contributed by atoms with Gasteiger partial charge >= 0.3 is 0 Å². The third kappa shape index (κ3) is 3.67. The largest absolute Gasteiger partial charge is 0.475 e. The number of hydrogen-bond donors (Lipinski definition) is 0. The number of hydrogen-bond acceptors (Lipinski definition) is 3. The van der Waals surface area contributed by atoms with E-state index in [-0.39, 0.29) is 16.8 Å². The topological polar surface area (TPSA) is 36.3 Å². The van der Waals surface area contributed by atoms with Crippen LogP contribution in [0.3, 0.4) is 0 Å². The van der Waals surface area contributed by atoms with Crippen LogP contribution < -0.4 is 15.1 Å². The minimum Gasteiger partial charge on any atom is -0.475 e. The number of nitrogens with zero attached hydrogens (tertiary/aromatic N) is 2. The van der Waals surface area contributed by atoms with E-state index < -0.39 is 14.7 Å². The van der Waals surface area contributed by atoms with Crippen molar-refractivity contribution in [3.63, 3.8) is 0 Å². The summed E-state index contributed by atoms with van der Waals surface area (Å²) in [5.41, 5.74) is -0.268. The van der Waals surface area contributed by atoms with Crippen molar-refractivity contribution in [2.75, 3.05) is 6.61 Å².